The lowest BCUT2D eigenvalue weighted by Gasteiger charge is -2.06. The zero-order chi connectivity index (χ0) is 10.0. The van der Waals surface area contributed by atoms with Gasteiger partial charge in [-0.1, -0.05) is 12.1 Å². The van der Waals surface area contributed by atoms with Crippen molar-refractivity contribution in [2.75, 3.05) is 0 Å². The molecule has 0 heterocycles. The smallest absolute Gasteiger partial charge is 0.219 e. The Hall–Kier alpha value is -1.64. The first-order chi connectivity index (χ1) is 6.04. The summed E-state index contributed by atoms with van der Waals surface area (Å²) in [6, 6.07) is 5.02. The molecule has 1 aromatic rings. The molecular formula is C10H11NO2. The van der Waals surface area contributed by atoms with Gasteiger partial charge in [-0.2, -0.15) is 4.74 Å². The highest BCUT2D eigenvalue weighted by molar-refractivity contribution is 5.96. The van der Waals surface area contributed by atoms with E-state index in [1.807, 2.05) is 0 Å². The zero-order valence-electron chi connectivity index (χ0n) is 7.70. The monoisotopic (exact) mass is 177 g/mol. The van der Waals surface area contributed by atoms with Crippen LogP contribution in [0.4, 0.5) is 5.69 Å². The fraction of sp³-hybridized carbons (Fsp3) is 0.200. The second kappa shape index (κ2) is 3.39. The number of ketones is 1. The maximum Gasteiger partial charge on any atom is 0.219 e. The number of benzene rings is 1. The molecule has 0 saturated heterocycles. The van der Waals surface area contributed by atoms with Crippen LogP contribution < -0.4 is 0 Å². The Morgan fingerprint density at radius 3 is 2.62 bits per heavy atom. The van der Waals surface area contributed by atoms with Gasteiger partial charge in [0.15, 0.2) is 5.78 Å². The number of rotatable bonds is 2. The van der Waals surface area contributed by atoms with E-state index in [2.05, 4.69) is 6.72 Å². The molecule has 0 atom stereocenters. The first kappa shape index (κ1) is 9.45. The highest BCUT2D eigenvalue weighted by atomic mass is 16.5. The molecule has 0 amide bonds. The number of hydrogen-bond acceptors (Lipinski definition) is 2. The maximum atomic E-state index is 11.1. The Morgan fingerprint density at radius 1 is 1.54 bits per heavy atom. The van der Waals surface area contributed by atoms with Crippen molar-refractivity contribution >= 4 is 18.2 Å². The molecule has 1 aromatic carbocycles. The topological polar surface area (TPSA) is 43.1 Å². The molecule has 0 radical (unpaired) electrons. The van der Waals surface area contributed by atoms with Gasteiger partial charge in [0.05, 0.1) is 0 Å². The molecule has 0 aromatic heterocycles. The first-order valence-corrected chi connectivity index (χ1v) is 3.92. The Morgan fingerprint density at radius 2 is 2.15 bits per heavy atom. The van der Waals surface area contributed by atoms with Crippen LogP contribution in [0.2, 0.25) is 0 Å². The van der Waals surface area contributed by atoms with E-state index in [0.717, 1.165) is 0 Å². The maximum absolute atomic E-state index is 11.1. The summed E-state index contributed by atoms with van der Waals surface area (Å²) in [5.74, 6) is -0.0406. The molecule has 68 valence electrons. The Kier molecular flexibility index (Phi) is 2.46. The molecule has 3 heteroatoms. The van der Waals surface area contributed by atoms with Crippen molar-refractivity contribution in [2.24, 2.45) is 0 Å². The highest BCUT2D eigenvalue weighted by Gasteiger charge is 2.11. The summed E-state index contributed by atoms with van der Waals surface area (Å²) in [6.07, 6.45) is 0. The van der Waals surface area contributed by atoms with Crippen molar-refractivity contribution in [3.8, 4) is 0 Å². The average Bonchev–Trinajstić information content (AvgIpc) is 2.03. The fourth-order valence-electron chi connectivity index (χ4n) is 1.28. The second-order valence-electron chi connectivity index (χ2n) is 2.88. The number of carbonyl (C=O) groups excluding carboxylic acids is 1. The van der Waals surface area contributed by atoms with Gasteiger partial charge >= 0.3 is 0 Å². The summed E-state index contributed by atoms with van der Waals surface area (Å²) in [5, 5.41) is 10.9. The third-order valence-corrected chi connectivity index (χ3v) is 1.95. The largest absolute Gasteiger partial charge is 0.619 e. The van der Waals surface area contributed by atoms with Crippen LogP contribution in [-0.2, 0) is 0 Å². The minimum absolute atomic E-state index is 0.0406. The van der Waals surface area contributed by atoms with Crippen LogP contribution in [0.5, 0.6) is 0 Å². The quantitative estimate of drug-likeness (QED) is 0.228. The summed E-state index contributed by atoms with van der Waals surface area (Å²) in [5.41, 5.74) is 1.69. The fourth-order valence-corrected chi connectivity index (χ4v) is 1.28. The van der Waals surface area contributed by atoms with Crippen LogP contribution in [0.25, 0.3) is 0 Å². The van der Waals surface area contributed by atoms with Crippen molar-refractivity contribution in [1.29, 1.82) is 0 Å². The van der Waals surface area contributed by atoms with Crippen LogP contribution in [0, 0.1) is 12.1 Å². The molecule has 1 rings (SSSR count). The van der Waals surface area contributed by atoms with Crippen LogP contribution in [-0.4, -0.2) is 17.2 Å². The normalized spacial score (nSPS) is 9.69. The van der Waals surface area contributed by atoms with E-state index in [-0.39, 0.29) is 5.78 Å². The molecule has 0 aliphatic carbocycles. The van der Waals surface area contributed by atoms with E-state index in [4.69, 9.17) is 0 Å². The molecule has 13 heavy (non-hydrogen) atoms. The first-order valence-electron chi connectivity index (χ1n) is 3.92. The predicted molar refractivity (Wildman–Crippen MR) is 51.6 cm³/mol. The van der Waals surface area contributed by atoms with Crippen molar-refractivity contribution in [3.63, 3.8) is 0 Å². The lowest BCUT2D eigenvalue weighted by molar-refractivity contribution is -0.350. The van der Waals surface area contributed by atoms with E-state index < -0.39 is 0 Å². The number of nitrogens with zero attached hydrogens (tertiary/aromatic N) is 1. The SMILES string of the molecule is C=[N+]([O-])c1cccc(C(C)=O)c1C. The zero-order valence-corrected chi connectivity index (χ0v) is 7.70. The molecule has 0 bridgehead atoms. The number of Topliss-reactive ketones (excluding diaryl/α,β-unsaturated/α-hetero) is 1. The van der Waals surface area contributed by atoms with E-state index in [1.54, 1.807) is 25.1 Å². The van der Waals surface area contributed by atoms with Gasteiger partial charge in [-0.25, -0.2) is 0 Å². The van der Waals surface area contributed by atoms with Gasteiger partial charge in [0.1, 0.15) is 6.72 Å². The number of carbonyl (C=O) groups is 1. The summed E-state index contributed by atoms with van der Waals surface area (Å²) in [4.78, 5) is 11.1. The molecule has 0 N–H and O–H groups in total. The minimum Gasteiger partial charge on any atom is -0.619 e. The summed E-state index contributed by atoms with van der Waals surface area (Å²) >= 11 is 0. The minimum atomic E-state index is -0.0406. The lowest BCUT2D eigenvalue weighted by Crippen LogP contribution is -2.00. The van der Waals surface area contributed by atoms with Gasteiger partial charge in [0, 0.05) is 17.2 Å². The Bertz CT molecular complexity index is 337. The van der Waals surface area contributed by atoms with Gasteiger partial charge in [0.2, 0.25) is 5.69 Å². The van der Waals surface area contributed by atoms with E-state index in [0.29, 0.717) is 21.6 Å². The van der Waals surface area contributed by atoms with Crippen LogP contribution in [0.15, 0.2) is 18.2 Å². The van der Waals surface area contributed by atoms with E-state index in [1.165, 1.54) is 6.92 Å². The van der Waals surface area contributed by atoms with Crippen molar-refractivity contribution < 1.29 is 9.53 Å². The summed E-state index contributed by atoms with van der Waals surface area (Å²) < 4.78 is 0.516. The number of hydrogen-bond donors (Lipinski definition) is 0. The standard InChI is InChI=1S/C10H11NO2/c1-7-9(8(2)12)5-4-6-10(7)11(3)13/h4-6H,3H2,1-2H3. The van der Waals surface area contributed by atoms with Gasteiger partial charge < -0.3 is 5.21 Å². The third kappa shape index (κ3) is 1.75. The average molecular weight is 177 g/mol. The summed E-state index contributed by atoms with van der Waals surface area (Å²) in [6.45, 7) is 6.45. The molecular weight excluding hydrogens is 166 g/mol. The molecule has 3 nitrogen and oxygen atoms in total. The Balaban J connectivity index is 3.35. The lowest BCUT2D eigenvalue weighted by atomic mass is 10.0. The highest BCUT2D eigenvalue weighted by Crippen LogP contribution is 2.20. The van der Waals surface area contributed by atoms with Gasteiger partial charge in [-0.15, -0.1) is 0 Å². The summed E-state index contributed by atoms with van der Waals surface area (Å²) in [7, 11) is 0. The molecule has 0 aliphatic heterocycles. The van der Waals surface area contributed by atoms with Crippen LogP contribution in [0.3, 0.4) is 0 Å². The predicted octanol–water partition coefficient (Wildman–Crippen LogP) is 2.04. The van der Waals surface area contributed by atoms with Crippen molar-refractivity contribution in [2.45, 2.75) is 13.8 Å². The van der Waals surface area contributed by atoms with Gasteiger partial charge in [-0.05, 0) is 13.8 Å². The Labute approximate surface area is 76.9 Å². The molecule has 0 saturated carbocycles. The van der Waals surface area contributed by atoms with E-state index in [9.17, 15) is 10.0 Å². The van der Waals surface area contributed by atoms with Crippen LogP contribution >= 0.6 is 0 Å². The molecule has 0 fully saturated rings. The van der Waals surface area contributed by atoms with E-state index >= 15 is 0 Å². The van der Waals surface area contributed by atoms with Crippen LogP contribution in [0.1, 0.15) is 22.8 Å². The van der Waals surface area contributed by atoms with Crippen molar-refractivity contribution in [3.05, 3.63) is 34.5 Å². The van der Waals surface area contributed by atoms with Gasteiger partial charge in [-0.3, -0.25) is 4.79 Å². The second-order valence-corrected chi connectivity index (χ2v) is 2.88. The molecule has 0 spiro atoms. The molecule has 0 aliphatic rings. The third-order valence-electron chi connectivity index (χ3n) is 1.95. The van der Waals surface area contributed by atoms with Crippen molar-refractivity contribution in [1.82, 2.24) is 0 Å². The van der Waals surface area contributed by atoms with Gasteiger partial charge in [0.25, 0.3) is 0 Å². The molecule has 0 unspecified atom stereocenters.